The summed E-state index contributed by atoms with van der Waals surface area (Å²) in [6.07, 6.45) is 8.59. The molecule has 4 rings (SSSR count). The van der Waals surface area contributed by atoms with Crippen molar-refractivity contribution in [2.75, 3.05) is 13.1 Å². The zero-order valence-electron chi connectivity index (χ0n) is 11.0. The van der Waals surface area contributed by atoms with E-state index in [1.165, 1.54) is 19.3 Å². The molecule has 3 aliphatic rings. The van der Waals surface area contributed by atoms with Crippen molar-refractivity contribution in [3.05, 3.63) is 18.5 Å². The van der Waals surface area contributed by atoms with Gasteiger partial charge in [-0.1, -0.05) is 0 Å². The van der Waals surface area contributed by atoms with Crippen molar-refractivity contribution >= 4 is 6.03 Å². The van der Waals surface area contributed by atoms with Crippen LogP contribution in [0.5, 0.6) is 0 Å². The Morgan fingerprint density at radius 3 is 2.84 bits per heavy atom. The number of hydrogen-bond donors (Lipinski definition) is 1. The Balaban J connectivity index is 1.32. The van der Waals surface area contributed by atoms with Crippen molar-refractivity contribution in [1.82, 2.24) is 20.0 Å². The number of likely N-dealkylation sites (tertiary alicyclic amines) is 1. The first-order valence-corrected chi connectivity index (χ1v) is 7.34. The fraction of sp³-hybridized carbons (Fsp3) is 0.714. The van der Waals surface area contributed by atoms with Gasteiger partial charge in [0.25, 0.3) is 0 Å². The van der Waals surface area contributed by atoms with E-state index < -0.39 is 0 Å². The van der Waals surface area contributed by atoms with Crippen molar-refractivity contribution in [3.63, 3.8) is 0 Å². The maximum atomic E-state index is 12.2. The molecule has 2 aliphatic carbocycles. The topological polar surface area (TPSA) is 50.2 Å². The fourth-order valence-corrected chi connectivity index (χ4v) is 3.74. The maximum absolute atomic E-state index is 12.2. The monoisotopic (exact) mass is 260 g/mol. The van der Waals surface area contributed by atoms with Crippen molar-refractivity contribution in [2.45, 2.75) is 37.8 Å². The van der Waals surface area contributed by atoms with E-state index >= 15 is 0 Å². The minimum atomic E-state index is 0.126. The number of amides is 2. The molecule has 0 bridgehead atoms. The van der Waals surface area contributed by atoms with Crippen LogP contribution in [0.3, 0.4) is 0 Å². The number of rotatable bonds is 2. The minimum Gasteiger partial charge on any atom is -0.335 e. The summed E-state index contributed by atoms with van der Waals surface area (Å²) in [7, 11) is 0. The number of hydrogen-bond acceptors (Lipinski definition) is 2. The Kier molecular flexibility index (Phi) is 2.53. The second-order valence-electron chi connectivity index (χ2n) is 6.25. The van der Waals surface area contributed by atoms with E-state index in [1.807, 2.05) is 21.8 Å². The van der Waals surface area contributed by atoms with Crippen LogP contribution in [-0.4, -0.2) is 39.8 Å². The molecule has 2 heterocycles. The van der Waals surface area contributed by atoms with Crippen molar-refractivity contribution in [3.8, 4) is 0 Å². The highest BCUT2D eigenvalue weighted by Gasteiger charge is 2.46. The van der Waals surface area contributed by atoms with Crippen molar-refractivity contribution in [2.24, 2.45) is 11.8 Å². The molecule has 1 saturated heterocycles. The lowest BCUT2D eigenvalue weighted by atomic mass is 10.2. The zero-order chi connectivity index (χ0) is 12.8. The van der Waals surface area contributed by atoms with E-state index in [2.05, 4.69) is 10.4 Å². The standard InChI is InChI=1S/C14H20N4O/c19-14(16-12-7-10-6-11(10)8-12)17-5-2-13(9-17)18-4-1-3-15-18/h1,3-4,10-13H,2,5-9H2,(H,16,19). The average molecular weight is 260 g/mol. The van der Waals surface area contributed by atoms with E-state index in [0.717, 1.165) is 31.3 Å². The van der Waals surface area contributed by atoms with Crippen LogP contribution in [0.4, 0.5) is 4.79 Å². The minimum absolute atomic E-state index is 0.126. The molecular formula is C14H20N4O. The first-order chi connectivity index (χ1) is 9.29. The predicted octanol–water partition coefficient (Wildman–Crippen LogP) is 1.64. The highest BCUT2D eigenvalue weighted by Crippen LogP contribution is 2.51. The Bertz CT molecular complexity index is 462. The number of fused-ring (bicyclic) bond motifs is 1. The van der Waals surface area contributed by atoms with E-state index in [4.69, 9.17) is 0 Å². The van der Waals surface area contributed by atoms with Gasteiger partial charge in [-0.25, -0.2) is 4.79 Å². The van der Waals surface area contributed by atoms with Gasteiger partial charge >= 0.3 is 6.03 Å². The lowest BCUT2D eigenvalue weighted by molar-refractivity contribution is 0.202. The molecule has 3 atom stereocenters. The summed E-state index contributed by atoms with van der Waals surface area (Å²) in [5, 5.41) is 7.47. The summed E-state index contributed by atoms with van der Waals surface area (Å²) < 4.78 is 1.97. The highest BCUT2D eigenvalue weighted by molar-refractivity contribution is 5.75. The lowest BCUT2D eigenvalue weighted by Gasteiger charge is -2.21. The molecule has 5 nitrogen and oxygen atoms in total. The lowest BCUT2D eigenvalue weighted by Crippen LogP contribution is -2.43. The van der Waals surface area contributed by atoms with Crippen LogP contribution in [0.2, 0.25) is 0 Å². The van der Waals surface area contributed by atoms with Crippen LogP contribution in [0.15, 0.2) is 18.5 Å². The molecule has 1 aromatic rings. The molecule has 19 heavy (non-hydrogen) atoms. The number of nitrogens with one attached hydrogen (secondary N) is 1. The maximum Gasteiger partial charge on any atom is 0.317 e. The third kappa shape index (κ3) is 2.11. The summed E-state index contributed by atoms with van der Waals surface area (Å²) in [5.41, 5.74) is 0. The van der Waals surface area contributed by atoms with Crippen LogP contribution in [0, 0.1) is 11.8 Å². The summed E-state index contributed by atoms with van der Waals surface area (Å²) >= 11 is 0. The van der Waals surface area contributed by atoms with Gasteiger partial charge in [0.1, 0.15) is 0 Å². The highest BCUT2D eigenvalue weighted by atomic mass is 16.2. The number of carbonyl (C=O) groups is 1. The molecule has 102 valence electrons. The van der Waals surface area contributed by atoms with Gasteiger partial charge in [0.15, 0.2) is 0 Å². The first-order valence-electron chi connectivity index (χ1n) is 7.34. The molecule has 1 aromatic heterocycles. The van der Waals surface area contributed by atoms with Gasteiger partial charge in [0.2, 0.25) is 0 Å². The summed E-state index contributed by atoms with van der Waals surface area (Å²) in [5.74, 6) is 1.83. The van der Waals surface area contributed by atoms with Gasteiger partial charge in [-0.05, 0) is 43.6 Å². The van der Waals surface area contributed by atoms with Crippen LogP contribution in [0.1, 0.15) is 31.7 Å². The normalized spacial score (nSPS) is 36.3. The largest absolute Gasteiger partial charge is 0.335 e. The van der Waals surface area contributed by atoms with Crippen LogP contribution in [0.25, 0.3) is 0 Å². The van der Waals surface area contributed by atoms with Crippen LogP contribution >= 0.6 is 0 Å². The van der Waals surface area contributed by atoms with E-state index in [1.54, 1.807) is 6.20 Å². The molecule has 2 amide bonds. The summed E-state index contributed by atoms with van der Waals surface area (Å²) in [4.78, 5) is 14.2. The van der Waals surface area contributed by atoms with E-state index in [-0.39, 0.29) is 6.03 Å². The molecule has 3 unspecified atom stereocenters. The second kappa shape index (κ2) is 4.25. The third-order valence-corrected chi connectivity index (χ3v) is 4.92. The molecule has 0 spiro atoms. The predicted molar refractivity (Wildman–Crippen MR) is 70.6 cm³/mol. The van der Waals surface area contributed by atoms with E-state index in [9.17, 15) is 4.79 Å². The first kappa shape index (κ1) is 11.3. The number of aromatic nitrogens is 2. The van der Waals surface area contributed by atoms with Gasteiger partial charge < -0.3 is 10.2 Å². The van der Waals surface area contributed by atoms with E-state index in [0.29, 0.717) is 12.1 Å². The SMILES string of the molecule is O=C(NC1CC2CC2C1)N1CCC(n2cccn2)C1. The fourth-order valence-electron chi connectivity index (χ4n) is 3.74. The second-order valence-corrected chi connectivity index (χ2v) is 6.25. The Morgan fingerprint density at radius 1 is 1.26 bits per heavy atom. The van der Waals surface area contributed by atoms with Crippen LogP contribution < -0.4 is 5.32 Å². The van der Waals surface area contributed by atoms with Gasteiger partial charge in [0, 0.05) is 31.5 Å². The smallest absolute Gasteiger partial charge is 0.317 e. The van der Waals surface area contributed by atoms with Crippen LogP contribution in [-0.2, 0) is 0 Å². The Labute approximate surface area is 113 Å². The van der Waals surface area contributed by atoms with Crippen molar-refractivity contribution < 1.29 is 4.79 Å². The van der Waals surface area contributed by atoms with Gasteiger partial charge in [-0.3, -0.25) is 4.68 Å². The quantitative estimate of drug-likeness (QED) is 0.878. The van der Waals surface area contributed by atoms with Gasteiger partial charge in [-0.15, -0.1) is 0 Å². The molecule has 0 aromatic carbocycles. The molecule has 5 heteroatoms. The number of carbonyl (C=O) groups excluding carboxylic acids is 1. The molecule has 2 saturated carbocycles. The van der Waals surface area contributed by atoms with Gasteiger partial charge in [-0.2, -0.15) is 5.10 Å². The molecule has 0 radical (unpaired) electrons. The Morgan fingerprint density at radius 2 is 2.11 bits per heavy atom. The summed E-state index contributed by atoms with van der Waals surface area (Å²) in [6.45, 7) is 1.63. The number of nitrogens with zero attached hydrogens (tertiary/aromatic N) is 3. The number of urea groups is 1. The van der Waals surface area contributed by atoms with Gasteiger partial charge in [0.05, 0.1) is 6.04 Å². The van der Waals surface area contributed by atoms with Crippen molar-refractivity contribution in [1.29, 1.82) is 0 Å². The molecule has 1 aliphatic heterocycles. The average Bonchev–Trinajstić information content (AvgIpc) is 2.93. The molecular weight excluding hydrogens is 240 g/mol. The molecule has 1 N–H and O–H groups in total. The molecule has 3 fully saturated rings. The summed E-state index contributed by atoms with van der Waals surface area (Å²) in [6, 6.07) is 2.84. The third-order valence-electron chi connectivity index (χ3n) is 4.92. The zero-order valence-corrected chi connectivity index (χ0v) is 11.0. The Hall–Kier alpha value is -1.52.